The van der Waals surface area contributed by atoms with Crippen molar-refractivity contribution in [2.24, 2.45) is 0 Å². The maximum absolute atomic E-state index is 10.8. The van der Waals surface area contributed by atoms with Crippen molar-refractivity contribution in [1.29, 1.82) is 0 Å². The first-order valence-corrected chi connectivity index (χ1v) is 9.38. The predicted molar refractivity (Wildman–Crippen MR) is 105 cm³/mol. The molecule has 8 nitrogen and oxygen atoms in total. The van der Waals surface area contributed by atoms with Gasteiger partial charge in [-0.3, -0.25) is 25.1 Å². The zero-order valence-corrected chi connectivity index (χ0v) is 15.5. The summed E-state index contributed by atoms with van der Waals surface area (Å²) in [5.74, 6) is 0.646. The van der Waals surface area contributed by atoms with Crippen LogP contribution in [0.5, 0.6) is 5.75 Å². The Bertz CT molecular complexity index is 808. The number of nitro benzene ring substituents is 2. The van der Waals surface area contributed by atoms with Crippen molar-refractivity contribution < 1.29 is 14.6 Å². The number of rotatable bonds is 7. The van der Waals surface area contributed by atoms with Crippen molar-refractivity contribution in [2.45, 2.75) is 31.8 Å². The molecule has 0 aliphatic carbocycles. The lowest BCUT2D eigenvalue weighted by Crippen LogP contribution is -2.35. The van der Waals surface area contributed by atoms with E-state index in [1.54, 1.807) is 24.3 Å². The van der Waals surface area contributed by atoms with Gasteiger partial charge in [0.15, 0.2) is 0 Å². The summed E-state index contributed by atoms with van der Waals surface area (Å²) in [5.41, 5.74) is 1.23. The number of benzene rings is 2. The highest BCUT2D eigenvalue weighted by Crippen LogP contribution is 2.22. The summed E-state index contributed by atoms with van der Waals surface area (Å²) in [4.78, 5) is 23.0. The second-order valence-electron chi connectivity index (χ2n) is 6.96. The second-order valence-corrected chi connectivity index (χ2v) is 6.96. The number of hydrogen-bond donors (Lipinski definition) is 0. The van der Waals surface area contributed by atoms with Crippen LogP contribution >= 0.6 is 0 Å². The van der Waals surface area contributed by atoms with Crippen LogP contribution in [0.4, 0.5) is 11.4 Å². The minimum absolute atomic E-state index is 0.0424. The quantitative estimate of drug-likeness (QED) is 0.528. The molecule has 1 heterocycles. The molecule has 2 aromatic carbocycles. The molecule has 3 rings (SSSR count). The van der Waals surface area contributed by atoms with Crippen molar-refractivity contribution in [3.8, 4) is 5.75 Å². The van der Waals surface area contributed by atoms with Gasteiger partial charge in [-0.1, -0.05) is 12.1 Å². The zero-order valence-electron chi connectivity index (χ0n) is 15.5. The third-order valence-corrected chi connectivity index (χ3v) is 4.93. The highest BCUT2D eigenvalue weighted by Gasteiger charge is 2.20. The summed E-state index contributed by atoms with van der Waals surface area (Å²) in [6.07, 6.45) is 3.99. The van der Waals surface area contributed by atoms with Gasteiger partial charge in [-0.2, -0.15) is 0 Å². The lowest BCUT2D eigenvalue weighted by atomic mass is 10.1. The number of nitrogens with zero attached hydrogens (tertiary/aromatic N) is 3. The molecule has 0 N–H and O–H groups in total. The Morgan fingerprint density at radius 1 is 0.929 bits per heavy atom. The van der Waals surface area contributed by atoms with E-state index in [9.17, 15) is 20.2 Å². The molecule has 2 aromatic rings. The van der Waals surface area contributed by atoms with Gasteiger partial charge in [-0.05, 0) is 49.9 Å². The van der Waals surface area contributed by atoms with Crippen LogP contribution < -0.4 is 4.74 Å². The lowest BCUT2D eigenvalue weighted by Gasteiger charge is -2.25. The normalized spacial score (nSPS) is 17.6. The molecule has 1 fully saturated rings. The number of non-ortho nitro benzene ring substituents is 2. The molecular weight excluding hydrogens is 362 g/mol. The predicted octanol–water partition coefficient (Wildman–Crippen LogP) is 3.98. The summed E-state index contributed by atoms with van der Waals surface area (Å²) in [5, 5.41) is 21.5. The maximum Gasteiger partial charge on any atom is 0.269 e. The largest absolute Gasteiger partial charge is 0.489 e. The molecular formula is C20H23N3O5. The van der Waals surface area contributed by atoms with E-state index in [1.807, 2.05) is 0 Å². The molecule has 1 atom stereocenters. The van der Waals surface area contributed by atoms with E-state index in [0.717, 1.165) is 50.9 Å². The minimum Gasteiger partial charge on any atom is -0.489 e. The van der Waals surface area contributed by atoms with Crippen LogP contribution in [0.25, 0.3) is 0 Å². The topological polar surface area (TPSA) is 98.8 Å². The molecule has 1 aliphatic rings. The van der Waals surface area contributed by atoms with Crippen molar-refractivity contribution in [3.63, 3.8) is 0 Å². The fourth-order valence-corrected chi connectivity index (χ4v) is 3.39. The third kappa shape index (κ3) is 5.50. The van der Waals surface area contributed by atoms with E-state index in [4.69, 9.17) is 4.74 Å². The molecule has 8 heteroatoms. The standard InChI is InChI=1S/C20H23N3O5/c24-22(25)17-6-4-16(5-7-17)12-14-21-13-2-1-3-20(15-21)28-19-10-8-18(9-11-19)23(26)27/h4-11,20H,1-3,12-15H2. The summed E-state index contributed by atoms with van der Waals surface area (Å²) >= 11 is 0. The Hall–Kier alpha value is -3.00. The van der Waals surface area contributed by atoms with E-state index in [0.29, 0.717) is 5.75 Å². The second kappa shape index (κ2) is 9.27. The SMILES string of the molecule is O=[N+]([O-])c1ccc(CCN2CCCCC(Oc3ccc([N+](=O)[O-])cc3)C2)cc1. The first-order chi connectivity index (χ1) is 13.5. The number of nitro groups is 2. The van der Waals surface area contributed by atoms with Gasteiger partial charge in [0.2, 0.25) is 0 Å². The Balaban J connectivity index is 1.54. The molecule has 0 radical (unpaired) electrons. The average Bonchev–Trinajstić information content (AvgIpc) is 2.92. The first kappa shape index (κ1) is 19.8. The molecule has 0 bridgehead atoms. The monoisotopic (exact) mass is 385 g/mol. The van der Waals surface area contributed by atoms with Crippen LogP contribution in [0, 0.1) is 20.2 Å². The molecule has 0 saturated carbocycles. The summed E-state index contributed by atoms with van der Waals surface area (Å²) < 4.78 is 6.06. The minimum atomic E-state index is -0.421. The lowest BCUT2D eigenvalue weighted by molar-refractivity contribution is -0.385. The molecule has 0 aromatic heterocycles. The molecule has 1 unspecified atom stereocenters. The van der Waals surface area contributed by atoms with Gasteiger partial charge in [0.1, 0.15) is 11.9 Å². The molecule has 148 valence electrons. The molecule has 0 amide bonds. The Kier molecular flexibility index (Phi) is 6.54. The maximum atomic E-state index is 10.8. The van der Waals surface area contributed by atoms with E-state index in [-0.39, 0.29) is 17.5 Å². The number of ether oxygens (including phenoxy) is 1. The van der Waals surface area contributed by atoms with E-state index in [1.165, 1.54) is 24.3 Å². The Morgan fingerprint density at radius 2 is 1.54 bits per heavy atom. The van der Waals surface area contributed by atoms with Gasteiger partial charge in [0.25, 0.3) is 11.4 Å². The Labute approximate surface area is 163 Å². The number of likely N-dealkylation sites (tertiary alicyclic amines) is 1. The summed E-state index contributed by atoms with van der Waals surface area (Å²) in [6, 6.07) is 12.9. The Morgan fingerprint density at radius 3 is 2.14 bits per heavy atom. The van der Waals surface area contributed by atoms with Gasteiger partial charge < -0.3 is 4.74 Å². The first-order valence-electron chi connectivity index (χ1n) is 9.38. The fourth-order valence-electron chi connectivity index (χ4n) is 3.39. The molecule has 1 saturated heterocycles. The van der Waals surface area contributed by atoms with Gasteiger partial charge in [-0.15, -0.1) is 0 Å². The van der Waals surface area contributed by atoms with E-state index < -0.39 is 9.85 Å². The van der Waals surface area contributed by atoms with Crippen LogP contribution in [-0.2, 0) is 6.42 Å². The summed E-state index contributed by atoms with van der Waals surface area (Å²) in [7, 11) is 0. The van der Waals surface area contributed by atoms with Gasteiger partial charge in [-0.25, -0.2) is 0 Å². The van der Waals surface area contributed by atoms with Gasteiger partial charge in [0.05, 0.1) is 9.85 Å². The highest BCUT2D eigenvalue weighted by atomic mass is 16.6. The van der Waals surface area contributed by atoms with E-state index in [2.05, 4.69) is 4.90 Å². The fraction of sp³-hybridized carbons (Fsp3) is 0.400. The van der Waals surface area contributed by atoms with Crippen molar-refractivity contribution in [3.05, 3.63) is 74.3 Å². The van der Waals surface area contributed by atoms with Gasteiger partial charge in [0, 0.05) is 37.4 Å². The van der Waals surface area contributed by atoms with Crippen molar-refractivity contribution in [2.75, 3.05) is 19.6 Å². The van der Waals surface area contributed by atoms with E-state index >= 15 is 0 Å². The van der Waals surface area contributed by atoms with Crippen molar-refractivity contribution in [1.82, 2.24) is 4.90 Å². The van der Waals surface area contributed by atoms with Crippen LogP contribution in [-0.4, -0.2) is 40.5 Å². The average molecular weight is 385 g/mol. The summed E-state index contributed by atoms with van der Waals surface area (Å²) in [6.45, 7) is 2.65. The number of hydrogen-bond acceptors (Lipinski definition) is 6. The highest BCUT2D eigenvalue weighted by molar-refractivity contribution is 5.36. The van der Waals surface area contributed by atoms with Crippen molar-refractivity contribution >= 4 is 11.4 Å². The molecule has 28 heavy (non-hydrogen) atoms. The third-order valence-electron chi connectivity index (χ3n) is 4.93. The molecule has 0 spiro atoms. The van der Waals surface area contributed by atoms with Gasteiger partial charge >= 0.3 is 0 Å². The van der Waals surface area contributed by atoms with Crippen LogP contribution in [0.3, 0.4) is 0 Å². The zero-order chi connectivity index (χ0) is 19.9. The van der Waals surface area contributed by atoms with Crippen LogP contribution in [0.2, 0.25) is 0 Å². The van der Waals surface area contributed by atoms with Crippen LogP contribution in [0.15, 0.2) is 48.5 Å². The molecule has 1 aliphatic heterocycles. The smallest absolute Gasteiger partial charge is 0.269 e. The van der Waals surface area contributed by atoms with Crippen LogP contribution in [0.1, 0.15) is 24.8 Å².